The lowest BCUT2D eigenvalue weighted by Gasteiger charge is -2.24. The second-order valence-corrected chi connectivity index (χ2v) is 7.90. The molecule has 8 heteroatoms. The van der Waals surface area contributed by atoms with E-state index in [9.17, 15) is 0 Å². The molecular formula is C23H35N5O3. The van der Waals surface area contributed by atoms with E-state index in [4.69, 9.17) is 19.0 Å². The molecule has 8 nitrogen and oxygen atoms in total. The van der Waals surface area contributed by atoms with Crippen molar-refractivity contribution in [1.82, 2.24) is 20.4 Å². The molecule has 1 atom stereocenters. The standard InChI is InChI=1S/C23H35N5O3/c1-4-24-23(28(2)16-18-13-15-30-17-18)25-14-7-5-6-8-21-26-22(27-31-21)19-9-11-20(29-3)12-10-19/h9-12,18H,4-8,13-17H2,1-3H3,(H,24,25). The molecule has 31 heavy (non-hydrogen) atoms. The Kier molecular flexibility index (Phi) is 9.15. The average molecular weight is 430 g/mol. The fourth-order valence-corrected chi connectivity index (χ4v) is 3.63. The van der Waals surface area contributed by atoms with Gasteiger partial charge >= 0.3 is 0 Å². The lowest BCUT2D eigenvalue weighted by Crippen LogP contribution is -2.41. The fraction of sp³-hybridized carbons (Fsp3) is 0.609. The Balaban J connectivity index is 1.38. The summed E-state index contributed by atoms with van der Waals surface area (Å²) < 4.78 is 16.1. The Morgan fingerprint density at radius 2 is 2.10 bits per heavy atom. The van der Waals surface area contributed by atoms with E-state index >= 15 is 0 Å². The molecule has 0 amide bonds. The van der Waals surface area contributed by atoms with Crippen molar-refractivity contribution in [3.63, 3.8) is 0 Å². The van der Waals surface area contributed by atoms with Crippen LogP contribution in [-0.4, -0.2) is 68.0 Å². The number of ether oxygens (including phenoxy) is 2. The molecule has 170 valence electrons. The average Bonchev–Trinajstić information content (AvgIpc) is 3.47. The van der Waals surface area contributed by atoms with Crippen molar-refractivity contribution in [2.75, 3.05) is 47.0 Å². The van der Waals surface area contributed by atoms with Gasteiger partial charge in [-0.3, -0.25) is 4.99 Å². The van der Waals surface area contributed by atoms with E-state index in [1.165, 1.54) is 0 Å². The van der Waals surface area contributed by atoms with E-state index in [1.54, 1.807) is 7.11 Å². The first-order valence-electron chi connectivity index (χ1n) is 11.2. The molecule has 1 aliphatic heterocycles. The van der Waals surface area contributed by atoms with E-state index in [-0.39, 0.29) is 0 Å². The number of methoxy groups -OCH3 is 1. The van der Waals surface area contributed by atoms with Crippen LogP contribution in [0.2, 0.25) is 0 Å². The number of rotatable bonds is 11. The quantitative estimate of drug-likeness (QED) is 0.333. The Morgan fingerprint density at radius 3 is 2.81 bits per heavy atom. The molecule has 0 spiro atoms. The molecule has 1 N–H and O–H groups in total. The first-order valence-corrected chi connectivity index (χ1v) is 11.2. The summed E-state index contributed by atoms with van der Waals surface area (Å²) in [5, 5.41) is 7.48. The van der Waals surface area contributed by atoms with Crippen LogP contribution in [0.3, 0.4) is 0 Å². The summed E-state index contributed by atoms with van der Waals surface area (Å²) in [7, 11) is 3.76. The second-order valence-electron chi connectivity index (χ2n) is 7.90. The van der Waals surface area contributed by atoms with Gasteiger partial charge in [0.2, 0.25) is 11.7 Å². The van der Waals surface area contributed by atoms with Crippen molar-refractivity contribution < 1.29 is 14.0 Å². The zero-order valence-corrected chi connectivity index (χ0v) is 19.0. The van der Waals surface area contributed by atoms with Crippen LogP contribution >= 0.6 is 0 Å². The number of aryl methyl sites for hydroxylation is 1. The number of hydrogen-bond acceptors (Lipinski definition) is 6. The first-order chi connectivity index (χ1) is 15.2. The number of aliphatic imine (C=N–C) groups is 1. The summed E-state index contributed by atoms with van der Waals surface area (Å²) in [5.74, 6) is 3.70. The van der Waals surface area contributed by atoms with Gasteiger partial charge in [0, 0.05) is 51.2 Å². The summed E-state index contributed by atoms with van der Waals surface area (Å²) in [6, 6.07) is 7.66. The maximum absolute atomic E-state index is 5.49. The highest BCUT2D eigenvalue weighted by Crippen LogP contribution is 2.20. The van der Waals surface area contributed by atoms with Gasteiger partial charge in [0.1, 0.15) is 5.75 Å². The van der Waals surface area contributed by atoms with Crippen LogP contribution in [0.1, 0.15) is 38.5 Å². The van der Waals surface area contributed by atoms with Gasteiger partial charge in [-0.1, -0.05) is 11.6 Å². The minimum absolute atomic E-state index is 0.603. The van der Waals surface area contributed by atoms with Crippen molar-refractivity contribution >= 4 is 5.96 Å². The molecule has 1 unspecified atom stereocenters. The third-order valence-corrected chi connectivity index (χ3v) is 5.38. The fourth-order valence-electron chi connectivity index (χ4n) is 3.63. The van der Waals surface area contributed by atoms with Crippen molar-refractivity contribution in [2.24, 2.45) is 10.9 Å². The third-order valence-electron chi connectivity index (χ3n) is 5.38. The molecule has 1 aliphatic rings. The largest absolute Gasteiger partial charge is 0.497 e. The van der Waals surface area contributed by atoms with Gasteiger partial charge in [0.05, 0.1) is 13.7 Å². The number of benzene rings is 1. The Bertz CT molecular complexity index is 800. The monoisotopic (exact) mass is 429 g/mol. The topological polar surface area (TPSA) is 85.0 Å². The predicted octanol–water partition coefficient (Wildman–Crippen LogP) is 3.39. The van der Waals surface area contributed by atoms with Gasteiger partial charge in [0.25, 0.3) is 0 Å². The van der Waals surface area contributed by atoms with E-state index in [0.29, 0.717) is 17.6 Å². The van der Waals surface area contributed by atoms with Crippen LogP contribution in [0.25, 0.3) is 11.4 Å². The molecule has 2 aromatic rings. The van der Waals surface area contributed by atoms with Crippen LogP contribution in [-0.2, 0) is 11.2 Å². The van der Waals surface area contributed by atoms with E-state index in [1.807, 2.05) is 24.3 Å². The molecule has 1 fully saturated rings. The van der Waals surface area contributed by atoms with Crippen LogP contribution in [0.5, 0.6) is 5.75 Å². The summed E-state index contributed by atoms with van der Waals surface area (Å²) >= 11 is 0. The van der Waals surface area contributed by atoms with Crippen LogP contribution in [0.4, 0.5) is 0 Å². The number of hydrogen-bond donors (Lipinski definition) is 1. The Labute approximate surface area is 185 Å². The molecule has 0 aliphatic carbocycles. The molecule has 1 aromatic heterocycles. The molecule has 3 rings (SSSR count). The van der Waals surface area contributed by atoms with Crippen molar-refractivity contribution in [3.8, 4) is 17.1 Å². The lowest BCUT2D eigenvalue weighted by atomic mass is 10.1. The number of aromatic nitrogens is 2. The van der Waals surface area contributed by atoms with Crippen molar-refractivity contribution in [2.45, 2.75) is 39.0 Å². The number of unbranched alkanes of at least 4 members (excludes halogenated alkanes) is 2. The Morgan fingerprint density at radius 1 is 1.26 bits per heavy atom. The number of guanidine groups is 1. The zero-order valence-electron chi connectivity index (χ0n) is 19.0. The van der Waals surface area contributed by atoms with Gasteiger partial charge in [-0.15, -0.1) is 0 Å². The van der Waals surface area contributed by atoms with Gasteiger partial charge in [0.15, 0.2) is 5.96 Å². The molecule has 1 aromatic carbocycles. The molecule has 2 heterocycles. The third kappa shape index (κ3) is 7.24. The summed E-state index contributed by atoms with van der Waals surface area (Å²) in [4.78, 5) is 11.5. The van der Waals surface area contributed by atoms with Gasteiger partial charge < -0.3 is 24.2 Å². The smallest absolute Gasteiger partial charge is 0.226 e. The van der Waals surface area contributed by atoms with E-state index in [0.717, 1.165) is 82.2 Å². The van der Waals surface area contributed by atoms with Gasteiger partial charge in [-0.05, 0) is 50.5 Å². The Hall–Kier alpha value is -2.61. The minimum atomic E-state index is 0.603. The second kappa shape index (κ2) is 12.3. The summed E-state index contributed by atoms with van der Waals surface area (Å²) in [6.45, 7) is 6.52. The highest BCUT2D eigenvalue weighted by molar-refractivity contribution is 5.79. The normalized spacial score (nSPS) is 16.5. The molecular weight excluding hydrogens is 394 g/mol. The highest BCUT2D eigenvalue weighted by Gasteiger charge is 2.19. The maximum atomic E-state index is 5.49. The predicted molar refractivity (Wildman–Crippen MR) is 121 cm³/mol. The number of nitrogens with one attached hydrogen (secondary N) is 1. The SMILES string of the molecule is CCNC(=NCCCCCc1nc(-c2ccc(OC)cc2)no1)N(C)CC1CCOC1. The maximum Gasteiger partial charge on any atom is 0.226 e. The van der Waals surface area contributed by atoms with E-state index < -0.39 is 0 Å². The van der Waals surface area contributed by atoms with Crippen LogP contribution < -0.4 is 10.1 Å². The summed E-state index contributed by atoms with van der Waals surface area (Å²) in [6.07, 6.45) is 5.04. The molecule has 0 radical (unpaired) electrons. The zero-order chi connectivity index (χ0) is 21.9. The van der Waals surface area contributed by atoms with Crippen LogP contribution in [0, 0.1) is 5.92 Å². The minimum Gasteiger partial charge on any atom is -0.497 e. The van der Waals surface area contributed by atoms with Crippen molar-refractivity contribution in [1.29, 1.82) is 0 Å². The summed E-state index contributed by atoms with van der Waals surface area (Å²) in [5.41, 5.74) is 0.925. The van der Waals surface area contributed by atoms with Crippen molar-refractivity contribution in [3.05, 3.63) is 30.2 Å². The number of nitrogens with zero attached hydrogens (tertiary/aromatic N) is 4. The van der Waals surface area contributed by atoms with Crippen LogP contribution in [0.15, 0.2) is 33.8 Å². The lowest BCUT2D eigenvalue weighted by molar-refractivity contribution is 0.181. The highest BCUT2D eigenvalue weighted by atomic mass is 16.5. The van der Waals surface area contributed by atoms with E-state index in [2.05, 4.69) is 34.3 Å². The van der Waals surface area contributed by atoms with Gasteiger partial charge in [-0.2, -0.15) is 4.98 Å². The molecule has 0 bridgehead atoms. The molecule has 1 saturated heterocycles. The molecule has 0 saturated carbocycles. The first kappa shape index (κ1) is 23.1. The van der Waals surface area contributed by atoms with Gasteiger partial charge in [-0.25, -0.2) is 0 Å².